The van der Waals surface area contributed by atoms with Crippen molar-refractivity contribution in [1.29, 1.82) is 0 Å². The summed E-state index contributed by atoms with van der Waals surface area (Å²) in [5.74, 6) is -0.383. The van der Waals surface area contributed by atoms with Crippen molar-refractivity contribution in [3.63, 3.8) is 0 Å². The van der Waals surface area contributed by atoms with E-state index in [9.17, 15) is 19.2 Å². The minimum atomic E-state index is -0.307. The van der Waals surface area contributed by atoms with Crippen molar-refractivity contribution in [1.82, 2.24) is 0 Å². The second-order valence-electron chi connectivity index (χ2n) is 6.55. The lowest BCUT2D eigenvalue weighted by molar-refractivity contribution is -0.120. The van der Waals surface area contributed by atoms with Crippen LogP contribution in [0.1, 0.15) is 41.3 Å². The van der Waals surface area contributed by atoms with Gasteiger partial charge in [-0.15, -0.1) is 0 Å². The molecule has 2 rings (SSSR count). The fraction of sp³-hybridized carbons (Fsp3) is 0.273. The molecular formula is C22H20N2O4. The minimum absolute atomic E-state index is 0.00415. The molecule has 0 aliphatic carbocycles. The van der Waals surface area contributed by atoms with Crippen LogP contribution in [0.3, 0.4) is 0 Å². The van der Waals surface area contributed by atoms with E-state index >= 15 is 0 Å². The third kappa shape index (κ3) is 5.78. The van der Waals surface area contributed by atoms with Gasteiger partial charge in [0.2, 0.25) is 12.2 Å². The van der Waals surface area contributed by atoms with Gasteiger partial charge in [-0.05, 0) is 68.1 Å². The monoisotopic (exact) mass is 376 g/mol. The maximum atomic E-state index is 12.4. The van der Waals surface area contributed by atoms with Gasteiger partial charge in [0.25, 0.3) is 0 Å². The Bertz CT molecular complexity index is 967. The molecule has 28 heavy (non-hydrogen) atoms. The van der Waals surface area contributed by atoms with Gasteiger partial charge in [0, 0.05) is 17.9 Å². The highest BCUT2D eigenvalue weighted by molar-refractivity contribution is 5.96. The summed E-state index contributed by atoms with van der Waals surface area (Å²) >= 11 is 0. The van der Waals surface area contributed by atoms with Gasteiger partial charge in [-0.25, -0.2) is 9.59 Å². The standard InChI is InChI=1S/C22H20N2O4/c1-15-3-4-17(12-21(15)24-14-26)11-19(16(2)27)7-10-22(28)18-5-8-20(9-6-18)23-13-25/h3-6,8-9,12,19H,7,10-11H2,1-2H3. The summed E-state index contributed by atoms with van der Waals surface area (Å²) in [6, 6.07) is 11.9. The maximum absolute atomic E-state index is 12.4. The van der Waals surface area contributed by atoms with Crippen LogP contribution in [0.25, 0.3) is 0 Å². The number of carbonyl (C=O) groups is 2. The zero-order valence-corrected chi connectivity index (χ0v) is 15.8. The fourth-order valence-electron chi connectivity index (χ4n) is 2.91. The van der Waals surface area contributed by atoms with Crippen molar-refractivity contribution in [2.45, 2.75) is 33.1 Å². The quantitative estimate of drug-likeness (QED) is 0.370. The normalized spacial score (nSPS) is 11.1. The summed E-state index contributed by atoms with van der Waals surface area (Å²) in [5.41, 5.74) is 3.20. The van der Waals surface area contributed by atoms with Crippen LogP contribution in [0, 0.1) is 12.8 Å². The van der Waals surface area contributed by atoms with Gasteiger partial charge in [-0.3, -0.25) is 9.59 Å². The number of ketones is 2. The van der Waals surface area contributed by atoms with Gasteiger partial charge in [0.05, 0.1) is 11.4 Å². The molecule has 0 spiro atoms. The SMILES string of the molecule is CC(=O)C(CCC(=O)c1ccc(N=C=O)cc1)Cc1ccc(C)c(N=C=O)c1. The van der Waals surface area contributed by atoms with Crippen LogP contribution in [0.2, 0.25) is 0 Å². The fourth-order valence-corrected chi connectivity index (χ4v) is 2.91. The third-order valence-corrected chi connectivity index (χ3v) is 4.58. The first-order valence-corrected chi connectivity index (χ1v) is 8.83. The van der Waals surface area contributed by atoms with Crippen molar-refractivity contribution in [2.24, 2.45) is 15.9 Å². The van der Waals surface area contributed by atoms with Crippen LogP contribution in [-0.4, -0.2) is 23.7 Å². The van der Waals surface area contributed by atoms with Crippen molar-refractivity contribution >= 4 is 35.1 Å². The molecule has 0 saturated carbocycles. The topological polar surface area (TPSA) is 93.0 Å². The Hall–Kier alpha value is -3.46. The lowest BCUT2D eigenvalue weighted by atomic mass is 9.89. The number of carbonyl (C=O) groups excluding carboxylic acids is 4. The number of benzene rings is 2. The molecule has 6 heteroatoms. The minimum Gasteiger partial charge on any atom is -0.300 e. The van der Waals surface area contributed by atoms with Crippen LogP contribution < -0.4 is 0 Å². The number of hydrogen-bond acceptors (Lipinski definition) is 6. The smallest absolute Gasteiger partial charge is 0.240 e. The molecule has 142 valence electrons. The first-order valence-electron chi connectivity index (χ1n) is 8.83. The summed E-state index contributed by atoms with van der Waals surface area (Å²) in [4.78, 5) is 52.4. The highest BCUT2D eigenvalue weighted by Crippen LogP contribution is 2.24. The second kappa shape index (κ2) is 10.0. The third-order valence-electron chi connectivity index (χ3n) is 4.58. The number of aliphatic imine (C=N–C) groups is 2. The molecule has 0 heterocycles. The molecule has 6 nitrogen and oxygen atoms in total. The van der Waals surface area contributed by atoms with Gasteiger partial charge in [0.15, 0.2) is 5.78 Å². The summed E-state index contributed by atoms with van der Waals surface area (Å²) in [5, 5.41) is 0. The number of nitrogens with zero attached hydrogens (tertiary/aromatic N) is 2. The van der Waals surface area contributed by atoms with Gasteiger partial charge in [0.1, 0.15) is 5.78 Å². The van der Waals surface area contributed by atoms with Gasteiger partial charge < -0.3 is 0 Å². The number of aryl methyl sites for hydroxylation is 1. The molecule has 2 aromatic carbocycles. The van der Waals surface area contributed by atoms with Crippen LogP contribution in [0.5, 0.6) is 0 Å². The van der Waals surface area contributed by atoms with E-state index < -0.39 is 0 Å². The highest BCUT2D eigenvalue weighted by Gasteiger charge is 2.18. The number of isocyanates is 2. The average Bonchev–Trinajstić information content (AvgIpc) is 2.68. The molecule has 0 amide bonds. The Morgan fingerprint density at radius 1 is 1.00 bits per heavy atom. The molecule has 0 aromatic heterocycles. The van der Waals surface area contributed by atoms with Gasteiger partial charge in [-0.1, -0.05) is 12.1 Å². The Morgan fingerprint density at radius 2 is 1.68 bits per heavy atom. The van der Waals surface area contributed by atoms with Crippen molar-refractivity contribution in [3.8, 4) is 0 Å². The molecule has 1 atom stereocenters. The summed E-state index contributed by atoms with van der Waals surface area (Å²) < 4.78 is 0. The van der Waals surface area contributed by atoms with Crippen LogP contribution in [0.4, 0.5) is 11.4 Å². The highest BCUT2D eigenvalue weighted by atomic mass is 16.1. The molecule has 0 aliphatic heterocycles. The van der Waals surface area contributed by atoms with E-state index in [0.717, 1.165) is 11.1 Å². The molecule has 1 unspecified atom stereocenters. The molecule has 0 fully saturated rings. The van der Waals surface area contributed by atoms with Crippen LogP contribution >= 0.6 is 0 Å². The second-order valence-corrected chi connectivity index (χ2v) is 6.55. The van der Waals surface area contributed by atoms with E-state index in [2.05, 4.69) is 9.98 Å². The van der Waals surface area contributed by atoms with E-state index in [4.69, 9.17) is 0 Å². The van der Waals surface area contributed by atoms with E-state index in [0.29, 0.717) is 29.8 Å². The Balaban J connectivity index is 2.05. The zero-order chi connectivity index (χ0) is 20.5. The Kier molecular flexibility index (Phi) is 7.46. The van der Waals surface area contributed by atoms with Crippen LogP contribution in [0.15, 0.2) is 52.4 Å². The Labute approximate surface area is 163 Å². The largest absolute Gasteiger partial charge is 0.300 e. The predicted octanol–water partition coefficient (Wildman–Crippen LogP) is 4.34. The van der Waals surface area contributed by atoms with E-state index in [1.54, 1.807) is 30.3 Å². The van der Waals surface area contributed by atoms with Crippen LogP contribution in [-0.2, 0) is 20.8 Å². The number of rotatable bonds is 9. The summed E-state index contributed by atoms with van der Waals surface area (Å²) in [6.45, 7) is 3.35. The first kappa shape index (κ1) is 20.8. The molecule has 2 aromatic rings. The molecule has 0 bridgehead atoms. The van der Waals surface area contributed by atoms with Gasteiger partial charge in [-0.2, -0.15) is 9.98 Å². The predicted molar refractivity (Wildman–Crippen MR) is 105 cm³/mol. The van der Waals surface area contributed by atoms with Crippen molar-refractivity contribution in [2.75, 3.05) is 0 Å². The Morgan fingerprint density at radius 3 is 2.29 bits per heavy atom. The lowest BCUT2D eigenvalue weighted by Gasteiger charge is -2.14. The zero-order valence-electron chi connectivity index (χ0n) is 15.8. The molecule has 0 N–H and O–H groups in total. The van der Waals surface area contributed by atoms with Crippen molar-refractivity contribution < 1.29 is 19.2 Å². The van der Waals surface area contributed by atoms with E-state index in [1.807, 2.05) is 19.1 Å². The number of Topliss-reactive ketones (excluding diaryl/α,β-unsaturated/α-hetero) is 2. The molecular weight excluding hydrogens is 356 g/mol. The summed E-state index contributed by atoms with van der Waals surface area (Å²) in [7, 11) is 0. The lowest BCUT2D eigenvalue weighted by Crippen LogP contribution is -2.16. The average molecular weight is 376 g/mol. The molecule has 0 saturated heterocycles. The number of hydrogen-bond donors (Lipinski definition) is 0. The van der Waals surface area contributed by atoms with E-state index in [-0.39, 0.29) is 23.9 Å². The maximum Gasteiger partial charge on any atom is 0.240 e. The van der Waals surface area contributed by atoms with Gasteiger partial charge >= 0.3 is 0 Å². The van der Waals surface area contributed by atoms with E-state index in [1.165, 1.54) is 19.1 Å². The van der Waals surface area contributed by atoms with Crippen molar-refractivity contribution in [3.05, 3.63) is 59.2 Å². The summed E-state index contributed by atoms with van der Waals surface area (Å²) in [6.07, 6.45) is 4.10. The molecule has 0 radical (unpaired) electrons. The first-order chi connectivity index (χ1) is 13.4. The molecule has 0 aliphatic rings.